The summed E-state index contributed by atoms with van der Waals surface area (Å²) in [4.78, 5) is 35.8. The topological polar surface area (TPSA) is 126 Å². The molecule has 3 amide bonds. The summed E-state index contributed by atoms with van der Waals surface area (Å²) in [7, 11) is 0. The largest absolute Gasteiger partial charge is 0.392 e. The van der Waals surface area contributed by atoms with Gasteiger partial charge in [0.25, 0.3) is 0 Å². The number of anilines is 1. The summed E-state index contributed by atoms with van der Waals surface area (Å²) in [5.74, 6) is 0.622. The zero-order chi connectivity index (χ0) is 36.0. The Hall–Kier alpha value is -4.48. The van der Waals surface area contributed by atoms with E-state index >= 15 is 0 Å². The van der Waals surface area contributed by atoms with Crippen molar-refractivity contribution in [1.29, 1.82) is 0 Å². The zero-order valence-electron chi connectivity index (χ0n) is 29.2. The van der Waals surface area contributed by atoms with Crippen molar-refractivity contribution in [3.05, 3.63) is 119 Å². The van der Waals surface area contributed by atoms with E-state index in [4.69, 9.17) is 9.47 Å². The first-order valence-corrected chi connectivity index (χ1v) is 18.5. The Morgan fingerprint density at radius 3 is 2.22 bits per heavy atom. The predicted octanol–water partition coefficient (Wildman–Crippen LogP) is 7.45. The Morgan fingerprint density at radius 1 is 0.765 bits per heavy atom. The quantitative estimate of drug-likeness (QED) is 0.0703. The first-order valence-electron chi connectivity index (χ1n) is 17.5. The van der Waals surface area contributed by atoms with Gasteiger partial charge in [-0.05, 0) is 71.0 Å². The number of carbonyl (C=O) groups excluding carboxylic acids is 3. The number of hydrogen-bond donors (Lipinski definition) is 4. The van der Waals surface area contributed by atoms with Gasteiger partial charge in [-0.2, -0.15) is 0 Å². The van der Waals surface area contributed by atoms with E-state index in [0.29, 0.717) is 25.9 Å². The molecule has 1 aliphatic rings. The summed E-state index contributed by atoms with van der Waals surface area (Å²) >= 11 is 1.70. The number of aliphatic hydroxyl groups is 1. The van der Waals surface area contributed by atoms with E-state index in [1.807, 2.05) is 72.8 Å². The molecule has 4 aromatic rings. The van der Waals surface area contributed by atoms with E-state index in [-0.39, 0.29) is 36.5 Å². The second kappa shape index (κ2) is 19.2. The lowest BCUT2D eigenvalue weighted by Crippen LogP contribution is -2.31. The normalized spacial score (nSPS) is 17.0. The molecule has 51 heavy (non-hydrogen) atoms. The third-order valence-electron chi connectivity index (χ3n) is 8.61. The molecule has 0 aromatic heterocycles. The van der Waals surface area contributed by atoms with Crippen molar-refractivity contribution in [1.82, 2.24) is 10.6 Å². The minimum atomic E-state index is -0.560. The molecule has 1 heterocycles. The van der Waals surface area contributed by atoms with Gasteiger partial charge in [0.1, 0.15) is 0 Å². The maximum Gasteiger partial charge on any atom is 0.221 e. The number of ether oxygens (including phenoxy) is 2. The summed E-state index contributed by atoms with van der Waals surface area (Å²) in [6.45, 7) is 4.09. The predicted molar refractivity (Wildman–Crippen MR) is 201 cm³/mol. The Labute approximate surface area is 304 Å². The van der Waals surface area contributed by atoms with Crippen LogP contribution in [0.2, 0.25) is 0 Å². The summed E-state index contributed by atoms with van der Waals surface area (Å²) < 4.78 is 13.1. The Balaban J connectivity index is 1.20. The van der Waals surface area contributed by atoms with Crippen molar-refractivity contribution in [2.24, 2.45) is 0 Å². The van der Waals surface area contributed by atoms with Crippen LogP contribution in [0.5, 0.6) is 0 Å². The van der Waals surface area contributed by atoms with Crippen molar-refractivity contribution in [2.75, 3.05) is 17.6 Å². The number of benzene rings is 4. The monoisotopic (exact) mass is 709 g/mol. The third kappa shape index (κ3) is 12.1. The summed E-state index contributed by atoms with van der Waals surface area (Å²) in [6, 6.07) is 32.1. The number of hydrogen-bond acceptors (Lipinski definition) is 7. The van der Waals surface area contributed by atoms with Gasteiger partial charge in [0.05, 0.1) is 18.8 Å². The van der Waals surface area contributed by atoms with E-state index in [9.17, 15) is 19.5 Å². The molecule has 1 fully saturated rings. The number of carbonyl (C=O) groups is 3. The van der Waals surface area contributed by atoms with Crippen molar-refractivity contribution in [3.63, 3.8) is 0 Å². The molecule has 268 valence electrons. The number of aliphatic hydroxyl groups excluding tert-OH is 1. The standard InChI is InChI=1S/C41H47N3O6S/c1-28(46)42-22-5-3-4-9-40(48)43-25-31-7-6-8-35(23-31)32-14-16-34(17-15-32)41-49-37(24-39(50-41)33-12-10-30(26-45)11-13-33)27-51-38-20-18-36(19-21-38)44-29(2)47/h6-8,10-21,23,37,39,41,45H,3-5,9,22,24-27H2,1-2H3,(H,42,46)(H,43,48)(H,44,47)/t37-,39+,41+/m1/s1. The molecule has 5 rings (SSSR count). The van der Waals surface area contributed by atoms with Gasteiger partial charge in [0.15, 0.2) is 6.29 Å². The minimum absolute atomic E-state index is 0.00947. The summed E-state index contributed by atoms with van der Waals surface area (Å²) in [5.41, 5.74) is 6.70. The fourth-order valence-corrected chi connectivity index (χ4v) is 6.81. The van der Waals surface area contributed by atoms with Gasteiger partial charge in [-0.15, -0.1) is 11.8 Å². The molecular formula is C41H47N3O6S. The highest BCUT2D eigenvalue weighted by Gasteiger charge is 2.32. The molecule has 10 heteroatoms. The first kappa shape index (κ1) is 37.8. The SMILES string of the molecule is CC(=O)NCCCCCC(=O)NCc1cccc(-c2ccc([C@H]3O[C@@H](CSc4ccc(NC(C)=O)cc4)C[C@@H](c4ccc(CO)cc4)O3)cc2)c1. The molecule has 0 saturated carbocycles. The van der Waals surface area contributed by atoms with Crippen molar-refractivity contribution >= 4 is 35.2 Å². The molecule has 1 saturated heterocycles. The molecule has 0 radical (unpaired) electrons. The molecule has 4 N–H and O–H groups in total. The van der Waals surface area contributed by atoms with Crippen molar-refractivity contribution in [3.8, 4) is 11.1 Å². The van der Waals surface area contributed by atoms with Crippen LogP contribution < -0.4 is 16.0 Å². The van der Waals surface area contributed by atoms with Gasteiger partial charge in [-0.3, -0.25) is 14.4 Å². The number of unbranched alkanes of at least 4 members (excludes halogenated alkanes) is 2. The van der Waals surface area contributed by atoms with Crippen molar-refractivity contribution in [2.45, 2.75) is 82.5 Å². The Morgan fingerprint density at radius 2 is 1.51 bits per heavy atom. The third-order valence-corrected chi connectivity index (χ3v) is 9.76. The highest BCUT2D eigenvalue weighted by molar-refractivity contribution is 7.99. The second-order valence-electron chi connectivity index (χ2n) is 12.8. The highest BCUT2D eigenvalue weighted by Crippen LogP contribution is 2.40. The lowest BCUT2D eigenvalue weighted by atomic mass is 9.99. The van der Waals surface area contributed by atoms with Gasteiger partial charge >= 0.3 is 0 Å². The molecule has 0 aliphatic carbocycles. The van der Waals surface area contributed by atoms with Crippen LogP contribution in [0.4, 0.5) is 5.69 Å². The molecule has 9 nitrogen and oxygen atoms in total. The Bertz CT molecular complexity index is 1730. The van der Waals surface area contributed by atoms with E-state index in [2.05, 4.69) is 40.2 Å². The first-order chi connectivity index (χ1) is 24.7. The van der Waals surface area contributed by atoms with Gasteiger partial charge in [-0.1, -0.05) is 73.2 Å². The van der Waals surface area contributed by atoms with Crippen LogP contribution in [-0.4, -0.2) is 41.2 Å². The van der Waals surface area contributed by atoms with Crippen LogP contribution in [0, 0.1) is 0 Å². The molecule has 4 aromatic carbocycles. The van der Waals surface area contributed by atoms with Crippen LogP contribution in [0.25, 0.3) is 11.1 Å². The lowest BCUT2D eigenvalue weighted by Gasteiger charge is -2.36. The van der Waals surface area contributed by atoms with E-state index in [0.717, 1.165) is 69.0 Å². The van der Waals surface area contributed by atoms with Crippen LogP contribution in [0.1, 0.15) is 80.6 Å². The summed E-state index contributed by atoms with van der Waals surface area (Å²) in [5, 5.41) is 18.1. The van der Waals surface area contributed by atoms with E-state index < -0.39 is 6.29 Å². The minimum Gasteiger partial charge on any atom is -0.392 e. The van der Waals surface area contributed by atoms with Crippen molar-refractivity contribution < 1.29 is 29.0 Å². The molecule has 0 unspecified atom stereocenters. The van der Waals surface area contributed by atoms with Crippen LogP contribution in [-0.2, 0) is 37.0 Å². The summed E-state index contributed by atoms with van der Waals surface area (Å²) in [6.07, 6.45) is 2.88. The second-order valence-corrected chi connectivity index (χ2v) is 13.9. The number of amides is 3. The van der Waals surface area contributed by atoms with Crippen LogP contribution >= 0.6 is 11.8 Å². The molecule has 0 spiro atoms. The molecule has 3 atom stereocenters. The number of rotatable bonds is 16. The molecule has 0 bridgehead atoms. The lowest BCUT2D eigenvalue weighted by molar-refractivity contribution is -0.245. The smallest absolute Gasteiger partial charge is 0.221 e. The van der Waals surface area contributed by atoms with Crippen LogP contribution in [0.15, 0.2) is 102 Å². The fraction of sp³-hybridized carbons (Fsp3) is 0.341. The highest BCUT2D eigenvalue weighted by atomic mass is 32.2. The number of thioether (sulfide) groups is 1. The van der Waals surface area contributed by atoms with E-state index in [1.54, 1.807) is 11.8 Å². The average molecular weight is 710 g/mol. The molecule has 1 aliphatic heterocycles. The van der Waals surface area contributed by atoms with Crippen LogP contribution in [0.3, 0.4) is 0 Å². The number of nitrogens with one attached hydrogen (secondary N) is 3. The van der Waals surface area contributed by atoms with Gasteiger partial charge in [0, 0.05) is 61.7 Å². The maximum absolute atomic E-state index is 12.4. The fourth-order valence-electron chi connectivity index (χ4n) is 5.88. The maximum atomic E-state index is 12.4. The van der Waals surface area contributed by atoms with Gasteiger partial charge in [-0.25, -0.2) is 0 Å². The van der Waals surface area contributed by atoms with E-state index in [1.165, 1.54) is 13.8 Å². The van der Waals surface area contributed by atoms with Gasteiger partial charge in [0.2, 0.25) is 17.7 Å². The van der Waals surface area contributed by atoms with Gasteiger partial charge < -0.3 is 30.5 Å². The molecular weight excluding hydrogens is 663 g/mol. The Kier molecular flexibility index (Phi) is 14.2. The average Bonchev–Trinajstić information content (AvgIpc) is 3.15. The zero-order valence-corrected chi connectivity index (χ0v) is 30.0.